The molecule has 1 N–H and O–H groups in total. The summed E-state index contributed by atoms with van der Waals surface area (Å²) in [7, 11) is 0. The monoisotopic (exact) mass is 320 g/mol. The summed E-state index contributed by atoms with van der Waals surface area (Å²) >= 11 is 0. The Bertz CT molecular complexity index is 851. The largest absolute Gasteiger partial charge is 0.346 e. The van der Waals surface area contributed by atoms with Gasteiger partial charge in [0, 0.05) is 6.20 Å². The van der Waals surface area contributed by atoms with Crippen LogP contribution in [0.2, 0.25) is 0 Å². The summed E-state index contributed by atoms with van der Waals surface area (Å²) in [6.07, 6.45) is 1.72. The normalized spacial score (nSPS) is 10.6. The minimum atomic E-state index is -0.131. The summed E-state index contributed by atoms with van der Waals surface area (Å²) in [4.78, 5) is 16.8. The van der Waals surface area contributed by atoms with Crippen molar-refractivity contribution in [3.63, 3.8) is 0 Å². The molecule has 3 rings (SSSR count). The van der Waals surface area contributed by atoms with Gasteiger partial charge in [0.25, 0.3) is 5.91 Å². The highest BCUT2D eigenvalue weighted by molar-refractivity contribution is 5.96. The summed E-state index contributed by atoms with van der Waals surface area (Å²) in [5, 5.41) is 7.44. The summed E-state index contributed by atoms with van der Waals surface area (Å²) in [5.74, 6) is -0.131. The predicted molar refractivity (Wildman–Crippen MR) is 93.2 cm³/mol. The first-order chi connectivity index (χ1) is 11.6. The van der Waals surface area contributed by atoms with Crippen LogP contribution in [0.5, 0.6) is 0 Å². The van der Waals surface area contributed by atoms with E-state index in [0.717, 1.165) is 17.1 Å². The van der Waals surface area contributed by atoms with Crippen LogP contribution in [0.15, 0.2) is 48.7 Å². The number of rotatable bonds is 4. The molecule has 0 atom stereocenters. The van der Waals surface area contributed by atoms with Gasteiger partial charge in [0.15, 0.2) is 0 Å². The second-order valence-corrected chi connectivity index (χ2v) is 5.80. The number of nitrogens with one attached hydrogen (secondary N) is 1. The average molecular weight is 320 g/mol. The van der Waals surface area contributed by atoms with E-state index < -0.39 is 0 Å². The first-order valence-electron chi connectivity index (χ1n) is 7.87. The highest BCUT2D eigenvalue weighted by atomic mass is 16.1. The number of nitrogens with zero attached hydrogens (tertiary/aromatic N) is 3. The van der Waals surface area contributed by atoms with E-state index in [4.69, 9.17) is 0 Å². The number of amides is 1. The molecule has 0 aliphatic carbocycles. The van der Waals surface area contributed by atoms with Crippen LogP contribution in [-0.4, -0.2) is 20.7 Å². The highest BCUT2D eigenvalue weighted by Crippen LogP contribution is 2.18. The Hall–Kier alpha value is -2.95. The van der Waals surface area contributed by atoms with Crippen molar-refractivity contribution in [3.8, 4) is 5.69 Å². The molecule has 1 aromatic carbocycles. The number of pyridine rings is 1. The summed E-state index contributed by atoms with van der Waals surface area (Å²) in [6, 6.07) is 13.7. The number of hydrogen-bond donors (Lipinski definition) is 1. The molecular weight excluding hydrogens is 300 g/mol. The molecule has 24 heavy (non-hydrogen) atoms. The maximum Gasteiger partial charge on any atom is 0.255 e. The quantitative estimate of drug-likeness (QED) is 0.803. The van der Waals surface area contributed by atoms with E-state index in [1.165, 1.54) is 5.56 Å². The Kier molecular flexibility index (Phi) is 4.42. The van der Waals surface area contributed by atoms with Crippen molar-refractivity contribution in [2.75, 3.05) is 0 Å². The average Bonchev–Trinajstić information content (AvgIpc) is 2.89. The first kappa shape index (κ1) is 15.9. The lowest BCUT2D eigenvalue weighted by molar-refractivity contribution is 0.0949. The van der Waals surface area contributed by atoms with Crippen LogP contribution in [0.3, 0.4) is 0 Å². The van der Waals surface area contributed by atoms with Crippen LogP contribution in [0.1, 0.15) is 33.0 Å². The van der Waals surface area contributed by atoms with Crippen molar-refractivity contribution < 1.29 is 4.79 Å². The number of benzene rings is 1. The van der Waals surface area contributed by atoms with E-state index in [1.807, 2.05) is 67.9 Å². The molecule has 0 spiro atoms. The van der Waals surface area contributed by atoms with Crippen molar-refractivity contribution in [1.82, 2.24) is 20.1 Å². The molecule has 2 aromatic heterocycles. The van der Waals surface area contributed by atoms with Crippen molar-refractivity contribution in [3.05, 3.63) is 76.9 Å². The summed E-state index contributed by atoms with van der Waals surface area (Å²) in [6.45, 7) is 6.21. The molecule has 5 nitrogen and oxygen atoms in total. The lowest BCUT2D eigenvalue weighted by Gasteiger charge is -2.07. The van der Waals surface area contributed by atoms with Crippen LogP contribution in [-0.2, 0) is 6.54 Å². The van der Waals surface area contributed by atoms with Gasteiger partial charge in [-0.3, -0.25) is 9.78 Å². The molecule has 0 saturated heterocycles. The third kappa shape index (κ3) is 3.20. The first-order valence-corrected chi connectivity index (χ1v) is 7.87. The van der Waals surface area contributed by atoms with Crippen LogP contribution in [0, 0.1) is 20.8 Å². The zero-order valence-corrected chi connectivity index (χ0v) is 14.1. The van der Waals surface area contributed by atoms with Gasteiger partial charge in [-0.05, 0) is 45.0 Å². The van der Waals surface area contributed by atoms with Crippen LogP contribution in [0.4, 0.5) is 0 Å². The van der Waals surface area contributed by atoms with E-state index in [1.54, 1.807) is 6.20 Å². The third-order valence-electron chi connectivity index (χ3n) is 3.95. The minimum Gasteiger partial charge on any atom is -0.346 e. The van der Waals surface area contributed by atoms with Gasteiger partial charge < -0.3 is 5.32 Å². The fourth-order valence-electron chi connectivity index (χ4n) is 2.67. The minimum absolute atomic E-state index is 0.131. The van der Waals surface area contributed by atoms with Gasteiger partial charge in [0.05, 0.1) is 34.9 Å². The Labute approximate surface area is 141 Å². The third-order valence-corrected chi connectivity index (χ3v) is 3.95. The maximum atomic E-state index is 12.6. The number of hydrogen-bond acceptors (Lipinski definition) is 3. The van der Waals surface area contributed by atoms with E-state index in [9.17, 15) is 4.79 Å². The predicted octanol–water partition coefficient (Wildman–Crippen LogP) is 3.12. The van der Waals surface area contributed by atoms with Gasteiger partial charge in [-0.25, -0.2) is 4.68 Å². The molecule has 0 aliphatic heterocycles. The maximum absolute atomic E-state index is 12.6. The fourth-order valence-corrected chi connectivity index (χ4v) is 2.67. The summed E-state index contributed by atoms with van der Waals surface area (Å²) < 4.78 is 1.81. The van der Waals surface area contributed by atoms with Gasteiger partial charge in [0.1, 0.15) is 0 Å². The Morgan fingerprint density at radius 2 is 1.83 bits per heavy atom. The molecular formula is C19H20N4O. The van der Waals surface area contributed by atoms with Crippen LogP contribution in [0.25, 0.3) is 5.69 Å². The SMILES string of the molecule is Cc1ccc(-n2nc(C)c(C(=O)NCc3ccccn3)c2C)cc1. The van der Waals surface area contributed by atoms with E-state index in [2.05, 4.69) is 15.4 Å². The smallest absolute Gasteiger partial charge is 0.255 e. The molecule has 0 bridgehead atoms. The molecule has 2 heterocycles. The molecule has 1 amide bonds. The number of aromatic nitrogens is 3. The van der Waals surface area contributed by atoms with E-state index >= 15 is 0 Å². The molecule has 0 radical (unpaired) electrons. The Morgan fingerprint density at radius 1 is 1.08 bits per heavy atom. The number of carbonyl (C=O) groups is 1. The zero-order valence-electron chi connectivity index (χ0n) is 14.1. The molecule has 0 saturated carbocycles. The Balaban J connectivity index is 1.83. The zero-order chi connectivity index (χ0) is 17.1. The molecule has 5 heteroatoms. The Morgan fingerprint density at radius 3 is 2.50 bits per heavy atom. The van der Waals surface area contributed by atoms with Crippen molar-refractivity contribution >= 4 is 5.91 Å². The van der Waals surface area contributed by atoms with Gasteiger partial charge in [-0.15, -0.1) is 0 Å². The molecule has 0 fully saturated rings. The molecule has 0 aliphatic rings. The van der Waals surface area contributed by atoms with E-state index in [-0.39, 0.29) is 5.91 Å². The van der Waals surface area contributed by atoms with Crippen LogP contribution < -0.4 is 5.32 Å². The van der Waals surface area contributed by atoms with Gasteiger partial charge >= 0.3 is 0 Å². The number of aryl methyl sites for hydroxylation is 2. The molecule has 0 unspecified atom stereocenters. The van der Waals surface area contributed by atoms with E-state index in [0.29, 0.717) is 17.8 Å². The van der Waals surface area contributed by atoms with Crippen molar-refractivity contribution in [2.45, 2.75) is 27.3 Å². The van der Waals surface area contributed by atoms with Gasteiger partial charge in [-0.1, -0.05) is 23.8 Å². The molecule has 3 aromatic rings. The van der Waals surface area contributed by atoms with Gasteiger partial charge in [0.2, 0.25) is 0 Å². The topological polar surface area (TPSA) is 59.8 Å². The standard InChI is InChI=1S/C19H20N4O/c1-13-7-9-17(10-8-13)23-15(3)18(14(2)22-23)19(24)21-12-16-6-4-5-11-20-16/h4-11H,12H2,1-3H3,(H,21,24). The second kappa shape index (κ2) is 6.66. The molecule has 122 valence electrons. The number of carbonyl (C=O) groups excluding carboxylic acids is 1. The van der Waals surface area contributed by atoms with Crippen molar-refractivity contribution in [1.29, 1.82) is 0 Å². The summed E-state index contributed by atoms with van der Waals surface area (Å²) in [5.41, 5.74) is 5.12. The highest BCUT2D eigenvalue weighted by Gasteiger charge is 2.19. The lowest BCUT2D eigenvalue weighted by Crippen LogP contribution is -2.24. The lowest BCUT2D eigenvalue weighted by atomic mass is 10.1. The fraction of sp³-hybridized carbons (Fsp3) is 0.211. The van der Waals surface area contributed by atoms with Crippen LogP contribution >= 0.6 is 0 Å². The second-order valence-electron chi connectivity index (χ2n) is 5.80. The van der Waals surface area contributed by atoms with Crippen molar-refractivity contribution in [2.24, 2.45) is 0 Å². The van der Waals surface area contributed by atoms with Gasteiger partial charge in [-0.2, -0.15) is 5.10 Å².